The highest BCUT2D eigenvalue weighted by molar-refractivity contribution is 5.90. The summed E-state index contributed by atoms with van der Waals surface area (Å²) in [4.78, 5) is 32.6. The number of halogens is 2. The summed E-state index contributed by atoms with van der Waals surface area (Å²) < 4.78 is 29.0. The van der Waals surface area contributed by atoms with Gasteiger partial charge in [-0.15, -0.1) is 0 Å². The zero-order chi connectivity index (χ0) is 23.0. The molecule has 1 saturated heterocycles. The maximum Gasteiger partial charge on any atom is 0.267 e. The van der Waals surface area contributed by atoms with E-state index < -0.39 is 30.3 Å². The molecular weight excluding hydrogens is 418 g/mol. The van der Waals surface area contributed by atoms with Crippen molar-refractivity contribution in [1.82, 2.24) is 24.4 Å². The molecule has 0 spiro atoms. The van der Waals surface area contributed by atoms with Crippen LogP contribution in [0.2, 0.25) is 0 Å². The molecule has 2 amide bonds. The summed E-state index contributed by atoms with van der Waals surface area (Å²) in [6.07, 6.45) is 6.32. The van der Waals surface area contributed by atoms with Crippen LogP contribution in [0.4, 0.5) is 8.78 Å². The average Bonchev–Trinajstić information content (AvgIpc) is 3.38. The van der Waals surface area contributed by atoms with Crippen LogP contribution in [0, 0.1) is 11.8 Å². The Bertz CT molecular complexity index is 986. The van der Waals surface area contributed by atoms with Crippen molar-refractivity contribution < 1.29 is 18.4 Å². The van der Waals surface area contributed by atoms with Crippen molar-refractivity contribution in [2.45, 2.75) is 50.0 Å². The first kappa shape index (κ1) is 22.6. The topological polar surface area (TPSA) is 96.8 Å². The van der Waals surface area contributed by atoms with Crippen LogP contribution in [0.25, 0.3) is 5.65 Å². The Balaban J connectivity index is 1.46. The zero-order valence-corrected chi connectivity index (χ0v) is 18.5. The molecule has 2 aromatic heterocycles. The van der Waals surface area contributed by atoms with Gasteiger partial charge in [-0.25, -0.2) is 18.3 Å². The monoisotopic (exact) mass is 448 g/mol. The van der Waals surface area contributed by atoms with Crippen LogP contribution in [0.15, 0.2) is 24.7 Å². The number of nitrogens with two attached hydrogens (primary N) is 1. The fourth-order valence-corrected chi connectivity index (χ4v) is 5.12. The molecule has 32 heavy (non-hydrogen) atoms. The minimum atomic E-state index is -2.89. The second kappa shape index (κ2) is 8.73. The number of nitrogens with zero attached hydrogens (tertiary/aromatic N) is 5. The van der Waals surface area contributed by atoms with Crippen LogP contribution < -0.4 is 5.73 Å². The summed E-state index contributed by atoms with van der Waals surface area (Å²) in [6, 6.07) is 2.87. The van der Waals surface area contributed by atoms with Crippen LogP contribution in [-0.2, 0) is 9.59 Å². The maximum absolute atomic E-state index is 13.6. The lowest BCUT2D eigenvalue weighted by molar-refractivity contribution is -0.144. The van der Waals surface area contributed by atoms with Gasteiger partial charge in [-0.3, -0.25) is 9.59 Å². The third kappa shape index (κ3) is 4.46. The van der Waals surface area contributed by atoms with E-state index in [1.165, 1.54) is 11.2 Å². The van der Waals surface area contributed by atoms with Gasteiger partial charge >= 0.3 is 0 Å². The molecule has 1 aliphatic carbocycles. The smallest absolute Gasteiger partial charge is 0.267 e. The van der Waals surface area contributed by atoms with Crippen LogP contribution in [0.1, 0.15) is 43.6 Å². The number of carbonyl (C=O) groups excluding carboxylic acids is 2. The van der Waals surface area contributed by atoms with E-state index in [9.17, 15) is 18.4 Å². The van der Waals surface area contributed by atoms with Gasteiger partial charge in [-0.1, -0.05) is 6.07 Å². The minimum Gasteiger partial charge on any atom is -0.349 e. The fraction of sp³-hybridized carbons (Fsp3) is 0.636. The van der Waals surface area contributed by atoms with Crippen molar-refractivity contribution in [2.75, 3.05) is 27.2 Å². The first-order valence-corrected chi connectivity index (χ1v) is 11.1. The van der Waals surface area contributed by atoms with Crippen LogP contribution in [-0.4, -0.2) is 75.4 Å². The van der Waals surface area contributed by atoms with Gasteiger partial charge in [0.1, 0.15) is 6.33 Å². The molecule has 1 aliphatic heterocycles. The molecular formula is C22H30F2N6O2. The molecule has 2 atom stereocenters. The molecule has 0 aromatic carbocycles. The van der Waals surface area contributed by atoms with Crippen LogP contribution >= 0.6 is 0 Å². The van der Waals surface area contributed by atoms with Crippen LogP contribution in [0.5, 0.6) is 0 Å². The van der Waals surface area contributed by atoms with E-state index in [-0.39, 0.29) is 24.8 Å². The van der Waals surface area contributed by atoms with Gasteiger partial charge in [0.2, 0.25) is 11.8 Å². The Labute approximate surface area is 185 Å². The molecule has 4 rings (SSSR count). The van der Waals surface area contributed by atoms with Gasteiger partial charge in [0, 0.05) is 33.3 Å². The average molecular weight is 449 g/mol. The predicted molar refractivity (Wildman–Crippen MR) is 114 cm³/mol. The first-order chi connectivity index (χ1) is 15.2. The molecule has 0 bridgehead atoms. The van der Waals surface area contributed by atoms with E-state index in [1.54, 1.807) is 18.6 Å². The van der Waals surface area contributed by atoms with Crippen molar-refractivity contribution in [2.24, 2.45) is 17.6 Å². The Hall–Kier alpha value is -2.62. The number of pyridine rings is 1. The summed E-state index contributed by atoms with van der Waals surface area (Å²) in [5.41, 5.74) is 8.24. The minimum absolute atomic E-state index is 0.0279. The Morgan fingerprint density at radius 3 is 2.56 bits per heavy atom. The standard InChI is InChI=1S/C22H30F2N6O2/c1-28(2)20(31)18(19(25)21(32)29-10-9-22(23,24)12-29)15-5-3-14(4-6-15)16-7-8-17-26-13-27-30(17)11-16/h7-8,11,13-15,18-19H,3-6,9-10,12,25H2,1-2H3. The number of carbonyl (C=O) groups is 2. The molecule has 10 heteroatoms. The molecule has 1 saturated carbocycles. The lowest BCUT2D eigenvalue weighted by Gasteiger charge is -2.37. The Morgan fingerprint density at radius 2 is 1.94 bits per heavy atom. The van der Waals surface area contributed by atoms with E-state index >= 15 is 0 Å². The molecule has 0 radical (unpaired) electrons. The van der Waals surface area contributed by atoms with Gasteiger partial charge in [0.15, 0.2) is 5.65 Å². The number of hydrogen-bond donors (Lipinski definition) is 1. The van der Waals surface area contributed by atoms with Crippen molar-refractivity contribution in [1.29, 1.82) is 0 Å². The van der Waals surface area contributed by atoms with E-state index in [2.05, 4.69) is 16.1 Å². The second-order valence-corrected chi connectivity index (χ2v) is 9.29. The van der Waals surface area contributed by atoms with Gasteiger partial charge in [-0.2, -0.15) is 5.10 Å². The lowest BCUT2D eigenvalue weighted by Crippen LogP contribution is -2.54. The molecule has 2 aliphatic rings. The summed E-state index contributed by atoms with van der Waals surface area (Å²) >= 11 is 0. The van der Waals surface area contributed by atoms with E-state index in [1.807, 2.05) is 12.3 Å². The number of likely N-dealkylation sites (tertiary alicyclic amines) is 1. The highest BCUT2D eigenvalue weighted by atomic mass is 19.3. The molecule has 2 N–H and O–H groups in total. The van der Waals surface area contributed by atoms with Crippen molar-refractivity contribution in [3.8, 4) is 0 Å². The Morgan fingerprint density at radius 1 is 1.22 bits per heavy atom. The summed E-state index contributed by atoms with van der Waals surface area (Å²) in [6.45, 7) is -0.653. The highest BCUT2D eigenvalue weighted by Gasteiger charge is 2.46. The van der Waals surface area contributed by atoms with E-state index in [0.717, 1.165) is 41.8 Å². The van der Waals surface area contributed by atoms with Crippen molar-refractivity contribution >= 4 is 17.5 Å². The molecule has 8 nitrogen and oxygen atoms in total. The van der Waals surface area contributed by atoms with Crippen molar-refractivity contribution in [3.63, 3.8) is 0 Å². The van der Waals surface area contributed by atoms with Gasteiger partial charge in [0.05, 0.1) is 18.5 Å². The van der Waals surface area contributed by atoms with E-state index in [4.69, 9.17) is 5.73 Å². The van der Waals surface area contributed by atoms with Gasteiger partial charge in [0.25, 0.3) is 5.92 Å². The lowest BCUT2D eigenvalue weighted by atomic mass is 9.71. The maximum atomic E-state index is 13.6. The van der Waals surface area contributed by atoms with E-state index in [0.29, 0.717) is 5.92 Å². The molecule has 174 valence electrons. The fourth-order valence-electron chi connectivity index (χ4n) is 5.12. The third-order valence-electron chi connectivity index (χ3n) is 6.93. The molecule has 3 heterocycles. The predicted octanol–water partition coefficient (Wildman–Crippen LogP) is 1.90. The summed E-state index contributed by atoms with van der Waals surface area (Å²) in [5, 5.41) is 4.19. The summed E-state index contributed by atoms with van der Waals surface area (Å²) in [7, 11) is 3.27. The number of hydrogen-bond acceptors (Lipinski definition) is 5. The second-order valence-electron chi connectivity index (χ2n) is 9.29. The summed E-state index contributed by atoms with van der Waals surface area (Å²) in [5.74, 6) is -4.13. The highest BCUT2D eigenvalue weighted by Crippen LogP contribution is 2.40. The van der Waals surface area contributed by atoms with Crippen LogP contribution in [0.3, 0.4) is 0 Å². The van der Waals surface area contributed by atoms with Gasteiger partial charge in [-0.05, 0) is 49.1 Å². The number of fused-ring (bicyclic) bond motifs is 1. The largest absolute Gasteiger partial charge is 0.349 e. The third-order valence-corrected chi connectivity index (χ3v) is 6.93. The quantitative estimate of drug-likeness (QED) is 0.754. The normalized spacial score (nSPS) is 25.0. The number of rotatable bonds is 5. The van der Waals surface area contributed by atoms with Crippen molar-refractivity contribution in [3.05, 3.63) is 30.2 Å². The zero-order valence-electron chi connectivity index (χ0n) is 18.5. The molecule has 2 unspecified atom stereocenters. The molecule has 2 aromatic rings. The Kier molecular flexibility index (Phi) is 6.15. The van der Waals surface area contributed by atoms with Gasteiger partial charge < -0.3 is 15.5 Å². The molecule has 2 fully saturated rings. The first-order valence-electron chi connectivity index (χ1n) is 11.1. The SMILES string of the molecule is CN(C)C(=O)C(C1CCC(c2ccc3ncnn3c2)CC1)C(N)C(=O)N1CCC(F)(F)C1. The number of alkyl halides is 2. The number of aromatic nitrogens is 3. The number of amides is 2.